The Bertz CT molecular complexity index is 1260. The number of nitriles is 2. The van der Waals surface area contributed by atoms with Crippen LogP contribution >= 0.6 is 0 Å². The van der Waals surface area contributed by atoms with Crippen molar-refractivity contribution >= 4 is 28.8 Å². The first-order chi connectivity index (χ1) is 14.7. The topological polar surface area (TPSA) is 105 Å². The molecule has 7 nitrogen and oxygen atoms in total. The van der Waals surface area contributed by atoms with Gasteiger partial charge in [-0.05, 0) is 41.4 Å². The van der Waals surface area contributed by atoms with Crippen molar-refractivity contribution in [2.24, 2.45) is 4.99 Å². The highest BCUT2D eigenvalue weighted by molar-refractivity contribution is 6.05. The molecule has 2 aromatic carbocycles. The minimum absolute atomic E-state index is 0.0884. The lowest BCUT2D eigenvalue weighted by Crippen LogP contribution is -2.46. The third kappa shape index (κ3) is 3.64. The molecule has 7 heteroatoms. The quantitative estimate of drug-likeness (QED) is 0.515. The van der Waals surface area contributed by atoms with Crippen molar-refractivity contribution in [1.29, 1.82) is 10.5 Å². The summed E-state index contributed by atoms with van der Waals surface area (Å²) in [5.41, 5.74) is 2.67. The SMILES string of the molecule is N#CC(C#N)=C1Nc2ccccc2N=C1[n+]1cccc(NC(=O)c2ccccc2)c1. The lowest BCUT2D eigenvalue weighted by Gasteiger charge is -2.15. The molecule has 142 valence electrons. The first-order valence-electron chi connectivity index (χ1n) is 9.07. The summed E-state index contributed by atoms with van der Waals surface area (Å²) >= 11 is 0. The number of nitrogens with one attached hydrogen (secondary N) is 2. The fraction of sp³-hybridized carbons (Fsp3) is 0. The molecular formula is C23H15N6O+. The second-order valence-corrected chi connectivity index (χ2v) is 6.37. The zero-order chi connectivity index (χ0) is 20.9. The molecule has 0 bridgehead atoms. The molecule has 1 aliphatic heterocycles. The van der Waals surface area contributed by atoms with Crippen molar-refractivity contribution < 1.29 is 9.36 Å². The zero-order valence-corrected chi connectivity index (χ0v) is 15.7. The number of allylic oxidation sites excluding steroid dienone is 2. The summed E-state index contributed by atoms with van der Waals surface area (Å²) in [5, 5.41) is 24.8. The van der Waals surface area contributed by atoms with Crippen molar-refractivity contribution in [3.63, 3.8) is 0 Å². The molecule has 0 fully saturated rings. The summed E-state index contributed by atoms with van der Waals surface area (Å²) in [6.45, 7) is 0. The lowest BCUT2D eigenvalue weighted by atomic mass is 10.1. The third-order valence-corrected chi connectivity index (χ3v) is 4.43. The number of nitrogens with zero attached hydrogens (tertiary/aromatic N) is 4. The number of pyridine rings is 1. The summed E-state index contributed by atoms with van der Waals surface area (Å²) in [6.07, 6.45) is 3.42. The number of carbonyl (C=O) groups is 1. The van der Waals surface area contributed by atoms with Crippen LogP contribution in [0.1, 0.15) is 10.4 Å². The van der Waals surface area contributed by atoms with Crippen molar-refractivity contribution in [3.05, 3.63) is 96.0 Å². The van der Waals surface area contributed by atoms with E-state index in [0.29, 0.717) is 34.2 Å². The van der Waals surface area contributed by atoms with Gasteiger partial charge in [0.05, 0.1) is 17.6 Å². The van der Waals surface area contributed by atoms with Gasteiger partial charge in [-0.15, -0.1) is 0 Å². The summed E-state index contributed by atoms with van der Waals surface area (Å²) < 4.78 is 1.66. The predicted molar refractivity (Wildman–Crippen MR) is 112 cm³/mol. The van der Waals surface area contributed by atoms with Gasteiger partial charge in [0.2, 0.25) is 0 Å². The van der Waals surface area contributed by atoms with Crippen molar-refractivity contribution in [3.8, 4) is 12.1 Å². The van der Waals surface area contributed by atoms with Crippen molar-refractivity contribution in [1.82, 2.24) is 0 Å². The van der Waals surface area contributed by atoms with Crippen LogP contribution < -0.4 is 15.2 Å². The van der Waals surface area contributed by atoms with E-state index in [1.165, 1.54) is 0 Å². The van der Waals surface area contributed by atoms with E-state index >= 15 is 0 Å². The molecule has 0 aliphatic carbocycles. The van der Waals surface area contributed by atoms with Crippen molar-refractivity contribution in [2.45, 2.75) is 0 Å². The van der Waals surface area contributed by atoms with Crippen LogP contribution in [-0.4, -0.2) is 11.7 Å². The molecule has 0 unspecified atom stereocenters. The monoisotopic (exact) mass is 391 g/mol. The molecular weight excluding hydrogens is 376 g/mol. The Kier molecular flexibility index (Phi) is 5.02. The maximum absolute atomic E-state index is 12.5. The molecule has 2 N–H and O–H groups in total. The van der Waals surface area contributed by atoms with Crippen LogP contribution in [0, 0.1) is 22.7 Å². The molecule has 2 heterocycles. The Balaban J connectivity index is 1.75. The molecule has 0 radical (unpaired) electrons. The maximum atomic E-state index is 12.5. The highest BCUT2D eigenvalue weighted by Crippen LogP contribution is 2.30. The van der Waals surface area contributed by atoms with E-state index in [-0.39, 0.29) is 11.5 Å². The number of hydrogen-bond acceptors (Lipinski definition) is 5. The number of aromatic nitrogens is 1. The summed E-state index contributed by atoms with van der Waals surface area (Å²) in [6, 6.07) is 23.6. The molecule has 3 aromatic rings. The largest absolute Gasteiger partial charge is 0.354 e. The molecule has 0 spiro atoms. The average Bonchev–Trinajstić information content (AvgIpc) is 2.80. The number of para-hydroxylation sites is 2. The smallest absolute Gasteiger partial charge is 0.343 e. The summed E-state index contributed by atoms with van der Waals surface area (Å²) in [7, 11) is 0. The molecule has 30 heavy (non-hydrogen) atoms. The van der Waals surface area contributed by atoms with Crippen LogP contribution in [0.4, 0.5) is 17.1 Å². The van der Waals surface area contributed by atoms with Gasteiger partial charge in [-0.2, -0.15) is 15.1 Å². The van der Waals surface area contributed by atoms with E-state index in [4.69, 9.17) is 0 Å². The Morgan fingerprint density at radius 2 is 1.70 bits per heavy atom. The Labute approximate surface area is 172 Å². The number of carbonyl (C=O) groups excluding carboxylic acids is 1. The number of fused-ring (bicyclic) bond motifs is 1. The Morgan fingerprint density at radius 3 is 2.47 bits per heavy atom. The van der Waals surface area contributed by atoms with Gasteiger partial charge >= 0.3 is 5.84 Å². The van der Waals surface area contributed by atoms with Gasteiger partial charge in [0.1, 0.15) is 18.3 Å². The lowest BCUT2D eigenvalue weighted by molar-refractivity contribution is -0.553. The second-order valence-electron chi connectivity index (χ2n) is 6.37. The van der Waals surface area contributed by atoms with Gasteiger partial charge in [0, 0.05) is 5.56 Å². The van der Waals surface area contributed by atoms with Crippen molar-refractivity contribution in [2.75, 3.05) is 10.6 Å². The third-order valence-electron chi connectivity index (χ3n) is 4.43. The standard InChI is InChI=1S/C23H14N6O/c24-13-17(14-25)21-22(28-20-11-5-4-10-19(20)27-21)29-12-6-9-18(15-29)26-23(30)16-7-2-1-3-8-16/h1-12,15,27H/p+1. The van der Waals surface area contributed by atoms with E-state index in [2.05, 4.69) is 15.6 Å². The van der Waals surface area contributed by atoms with E-state index < -0.39 is 0 Å². The van der Waals surface area contributed by atoms with Crippen LogP contribution in [0.3, 0.4) is 0 Å². The minimum atomic E-state index is -0.243. The number of benzene rings is 2. The van der Waals surface area contributed by atoms with Crippen LogP contribution in [0.5, 0.6) is 0 Å². The molecule has 0 atom stereocenters. The average molecular weight is 391 g/mol. The molecule has 1 aromatic heterocycles. The highest BCUT2D eigenvalue weighted by atomic mass is 16.1. The number of aliphatic imine (C=N–C) groups is 1. The zero-order valence-electron chi connectivity index (χ0n) is 15.7. The van der Waals surface area contributed by atoms with E-state index in [9.17, 15) is 15.3 Å². The Hall–Kier alpha value is -4.75. The van der Waals surface area contributed by atoms with Crippen LogP contribution in [0.15, 0.2) is 95.4 Å². The highest BCUT2D eigenvalue weighted by Gasteiger charge is 2.30. The van der Waals surface area contributed by atoms with Gasteiger partial charge < -0.3 is 10.6 Å². The normalized spacial score (nSPS) is 11.8. The molecule has 0 saturated heterocycles. The number of rotatable bonds is 2. The van der Waals surface area contributed by atoms with Crippen LogP contribution in [0.2, 0.25) is 0 Å². The molecule has 0 saturated carbocycles. The van der Waals surface area contributed by atoms with E-state index in [1.807, 2.05) is 42.5 Å². The molecule has 1 aliphatic rings. The van der Waals surface area contributed by atoms with Gasteiger partial charge in [-0.1, -0.05) is 30.3 Å². The van der Waals surface area contributed by atoms with E-state index in [0.717, 1.165) is 0 Å². The number of amides is 1. The Morgan fingerprint density at radius 1 is 0.967 bits per heavy atom. The first kappa shape index (κ1) is 18.6. The second kappa shape index (κ2) is 8.09. The fourth-order valence-electron chi connectivity index (χ4n) is 3.01. The number of hydrogen-bond donors (Lipinski definition) is 2. The summed E-state index contributed by atoms with van der Waals surface area (Å²) in [5.74, 6) is 0.135. The van der Waals surface area contributed by atoms with Gasteiger partial charge in [0.15, 0.2) is 17.0 Å². The minimum Gasteiger partial charge on any atom is -0.343 e. The molecule has 1 amide bonds. The van der Waals surface area contributed by atoms with Gasteiger partial charge in [-0.25, -0.2) is 0 Å². The maximum Gasteiger partial charge on any atom is 0.354 e. The van der Waals surface area contributed by atoms with Crippen LogP contribution in [0.25, 0.3) is 0 Å². The van der Waals surface area contributed by atoms with Gasteiger partial charge in [0.25, 0.3) is 5.91 Å². The molecule has 4 rings (SSSR count). The fourth-order valence-corrected chi connectivity index (χ4v) is 3.01. The van der Waals surface area contributed by atoms with Gasteiger partial charge in [-0.3, -0.25) is 4.79 Å². The van der Waals surface area contributed by atoms with Crippen LogP contribution in [-0.2, 0) is 0 Å². The predicted octanol–water partition coefficient (Wildman–Crippen LogP) is 3.53. The van der Waals surface area contributed by atoms with E-state index in [1.54, 1.807) is 53.4 Å². The first-order valence-corrected chi connectivity index (χ1v) is 9.07. The summed E-state index contributed by atoms with van der Waals surface area (Å²) in [4.78, 5) is 17.1. The number of anilines is 2.